The molecule has 2 heterocycles. The van der Waals surface area contributed by atoms with E-state index in [1.807, 2.05) is 22.9 Å². The fourth-order valence-corrected chi connectivity index (χ4v) is 3.18. The normalized spacial score (nSPS) is 10.9. The Morgan fingerprint density at radius 3 is 2.50 bits per heavy atom. The number of rotatable bonds is 10. The Morgan fingerprint density at radius 1 is 1.06 bits per heavy atom. The lowest BCUT2D eigenvalue weighted by Gasteiger charge is -2.20. The Morgan fingerprint density at radius 2 is 1.81 bits per heavy atom. The van der Waals surface area contributed by atoms with E-state index in [4.69, 9.17) is 19.0 Å². The lowest BCUT2D eigenvalue weighted by Crippen LogP contribution is -2.26. The van der Waals surface area contributed by atoms with Crippen molar-refractivity contribution in [3.05, 3.63) is 59.9 Å². The Kier molecular flexibility index (Phi) is 7.80. The van der Waals surface area contributed by atoms with Gasteiger partial charge in [-0.05, 0) is 38.1 Å². The van der Waals surface area contributed by atoms with E-state index in [-0.39, 0.29) is 25.0 Å². The third kappa shape index (κ3) is 5.06. The summed E-state index contributed by atoms with van der Waals surface area (Å²) in [5.74, 6) is 0.292. The van der Waals surface area contributed by atoms with E-state index in [0.717, 1.165) is 22.0 Å². The number of hydrogen-bond donors (Lipinski definition) is 0. The first-order chi connectivity index (χ1) is 15.5. The second-order valence-electron chi connectivity index (χ2n) is 7.22. The first kappa shape index (κ1) is 23.2. The molecule has 0 aliphatic rings. The smallest absolute Gasteiger partial charge is 0.284 e. The molecule has 0 N–H and O–H groups in total. The van der Waals surface area contributed by atoms with Gasteiger partial charge in [0.05, 0.1) is 18.5 Å². The van der Waals surface area contributed by atoms with Crippen LogP contribution in [-0.2, 0) is 16.2 Å². The van der Waals surface area contributed by atoms with Crippen LogP contribution in [0.25, 0.3) is 11.4 Å². The molecule has 0 atom stereocenters. The molecule has 0 aliphatic heterocycles. The first-order valence-electron chi connectivity index (χ1n) is 10.1. The zero-order valence-corrected chi connectivity index (χ0v) is 18.9. The molecule has 1 amide bonds. The summed E-state index contributed by atoms with van der Waals surface area (Å²) in [5, 5.41) is 5.51. The average molecular weight is 441 g/mol. The number of hydroxylamine groups is 2. The van der Waals surface area contributed by atoms with E-state index in [1.54, 1.807) is 30.6 Å². The second-order valence-corrected chi connectivity index (χ2v) is 7.22. The van der Waals surface area contributed by atoms with Crippen LogP contribution in [-0.4, -0.2) is 53.8 Å². The van der Waals surface area contributed by atoms with E-state index >= 15 is 0 Å². The predicted molar refractivity (Wildman–Crippen MR) is 118 cm³/mol. The molecule has 1 aromatic carbocycles. The van der Waals surface area contributed by atoms with E-state index in [9.17, 15) is 4.79 Å². The highest BCUT2D eigenvalue weighted by Crippen LogP contribution is 2.32. The zero-order chi connectivity index (χ0) is 23.1. The molecule has 9 nitrogen and oxygen atoms in total. The van der Waals surface area contributed by atoms with Gasteiger partial charge < -0.3 is 14.2 Å². The van der Waals surface area contributed by atoms with Crippen LogP contribution in [0.1, 0.15) is 35.8 Å². The van der Waals surface area contributed by atoms with E-state index < -0.39 is 5.91 Å². The monoisotopic (exact) mass is 440 g/mol. The van der Waals surface area contributed by atoms with Crippen LogP contribution < -0.4 is 9.47 Å². The second kappa shape index (κ2) is 10.7. The molecule has 9 heteroatoms. The number of benzene rings is 1. The minimum absolute atomic E-state index is 0.00756. The van der Waals surface area contributed by atoms with Crippen molar-refractivity contribution in [3.8, 4) is 22.9 Å². The van der Waals surface area contributed by atoms with Crippen LogP contribution in [0.5, 0.6) is 11.5 Å². The molecular weight excluding hydrogens is 412 g/mol. The SMILES string of the molecule is COCOc1cccc(OCc2cccnc2-c2ccnn2C(C)C)c1C(=O)N(C)OC. The summed E-state index contributed by atoms with van der Waals surface area (Å²) in [7, 11) is 4.44. The number of carbonyl (C=O) groups is 1. The highest BCUT2D eigenvalue weighted by Gasteiger charge is 2.23. The molecule has 0 radical (unpaired) electrons. The van der Waals surface area contributed by atoms with E-state index in [2.05, 4.69) is 23.9 Å². The fourth-order valence-electron chi connectivity index (χ4n) is 3.18. The summed E-state index contributed by atoms with van der Waals surface area (Å²) in [4.78, 5) is 22.6. The zero-order valence-electron chi connectivity index (χ0n) is 18.9. The molecule has 2 aromatic heterocycles. The maximum Gasteiger partial charge on any atom is 0.284 e. The summed E-state index contributed by atoms with van der Waals surface area (Å²) in [5.41, 5.74) is 2.77. The third-order valence-electron chi connectivity index (χ3n) is 4.77. The van der Waals surface area contributed by atoms with Crippen LogP contribution >= 0.6 is 0 Å². The molecule has 0 bridgehead atoms. The van der Waals surface area contributed by atoms with Gasteiger partial charge in [0, 0.05) is 38.2 Å². The predicted octanol–water partition coefficient (Wildman–Crippen LogP) is 3.72. The van der Waals surface area contributed by atoms with Crippen molar-refractivity contribution in [1.82, 2.24) is 19.8 Å². The lowest BCUT2D eigenvalue weighted by atomic mass is 10.1. The Bertz CT molecular complexity index is 1050. The number of amides is 1. The van der Waals surface area contributed by atoms with Crippen LogP contribution in [0, 0.1) is 0 Å². The average Bonchev–Trinajstić information content (AvgIpc) is 3.30. The minimum Gasteiger partial charge on any atom is -0.488 e. The quantitative estimate of drug-likeness (QED) is 0.351. The number of nitrogens with zero attached hydrogens (tertiary/aromatic N) is 4. The summed E-state index contributed by atoms with van der Waals surface area (Å²) >= 11 is 0. The van der Waals surface area contributed by atoms with Gasteiger partial charge in [0.2, 0.25) is 0 Å². The molecule has 0 saturated carbocycles. The van der Waals surface area contributed by atoms with Crippen molar-refractivity contribution in [1.29, 1.82) is 0 Å². The summed E-state index contributed by atoms with van der Waals surface area (Å²) in [6.45, 7) is 4.31. The molecule has 0 saturated heterocycles. The maximum atomic E-state index is 12.9. The molecule has 0 fully saturated rings. The highest BCUT2D eigenvalue weighted by atomic mass is 16.7. The molecule has 0 unspecified atom stereocenters. The number of hydrogen-bond acceptors (Lipinski definition) is 7. The van der Waals surface area contributed by atoms with Crippen molar-refractivity contribution in [2.75, 3.05) is 28.1 Å². The third-order valence-corrected chi connectivity index (χ3v) is 4.77. The van der Waals surface area contributed by atoms with Crippen molar-refractivity contribution in [2.24, 2.45) is 0 Å². The van der Waals surface area contributed by atoms with Crippen LogP contribution in [0.15, 0.2) is 48.8 Å². The number of ether oxygens (including phenoxy) is 3. The van der Waals surface area contributed by atoms with Crippen LogP contribution in [0.2, 0.25) is 0 Å². The first-order valence-corrected chi connectivity index (χ1v) is 10.1. The molecule has 32 heavy (non-hydrogen) atoms. The van der Waals surface area contributed by atoms with Crippen LogP contribution in [0.4, 0.5) is 0 Å². The summed E-state index contributed by atoms with van der Waals surface area (Å²) in [6, 6.07) is 11.0. The highest BCUT2D eigenvalue weighted by molar-refractivity contribution is 5.99. The van der Waals surface area contributed by atoms with Gasteiger partial charge in [-0.2, -0.15) is 5.10 Å². The number of carbonyl (C=O) groups excluding carboxylic acids is 1. The minimum atomic E-state index is -0.404. The lowest BCUT2D eigenvalue weighted by molar-refractivity contribution is -0.0761. The standard InChI is InChI=1S/C23H28N4O5/c1-16(2)27-18(11-13-25-27)22-17(8-7-12-24-22)14-31-19-9-6-10-20(32-15-29-4)21(19)23(28)26(3)30-5/h6-13,16H,14-15H2,1-5H3. The Hall–Kier alpha value is -3.43. The van der Waals surface area contributed by atoms with E-state index in [1.165, 1.54) is 21.3 Å². The van der Waals surface area contributed by atoms with Crippen molar-refractivity contribution in [3.63, 3.8) is 0 Å². The number of aromatic nitrogens is 3. The molecular formula is C23H28N4O5. The molecule has 3 aromatic rings. The maximum absolute atomic E-state index is 12.9. The number of pyridine rings is 1. The van der Waals surface area contributed by atoms with Gasteiger partial charge in [-0.15, -0.1) is 0 Å². The fraction of sp³-hybridized carbons (Fsp3) is 0.348. The topological polar surface area (TPSA) is 87.9 Å². The van der Waals surface area contributed by atoms with Gasteiger partial charge in [0.25, 0.3) is 5.91 Å². The Labute approximate surface area is 187 Å². The Balaban J connectivity index is 1.94. The van der Waals surface area contributed by atoms with Crippen molar-refractivity contribution < 1.29 is 23.8 Å². The number of methoxy groups -OCH3 is 1. The van der Waals surface area contributed by atoms with Gasteiger partial charge in [-0.3, -0.25) is 19.3 Å². The summed E-state index contributed by atoms with van der Waals surface area (Å²) < 4.78 is 18.6. The van der Waals surface area contributed by atoms with Crippen molar-refractivity contribution >= 4 is 5.91 Å². The van der Waals surface area contributed by atoms with Gasteiger partial charge in [0.15, 0.2) is 6.79 Å². The molecule has 0 spiro atoms. The molecule has 170 valence electrons. The van der Waals surface area contributed by atoms with Gasteiger partial charge in [-0.1, -0.05) is 12.1 Å². The largest absolute Gasteiger partial charge is 0.488 e. The van der Waals surface area contributed by atoms with Gasteiger partial charge >= 0.3 is 0 Å². The van der Waals surface area contributed by atoms with Crippen molar-refractivity contribution in [2.45, 2.75) is 26.5 Å². The molecule has 3 rings (SSSR count). The van der Waals surface area contributed by atoms with E-state index in [0.29, 0.717) is 11.5 Å². The van der Waals surface area contributed by atoms with Gasteiger partial charge in [0.1, 0.15) is 23.7 Å². The molecule has 0 aliphatic carbocycles. The van der Waals surface area contributed by atoms with Gasteiger partial charge in [-0.25, -0.2) is 5.06 Å². The summed E-state index contributed by atoms with van der Waals surface area (Å²) in [6.07, 6.45) is 3.49. The van der Waals surface area contributed by atoms with Crippen LogP contribution in [0.3, 0.4) is 0 Å².